The summed E-state index contributed by atoms with van der Waals surface area (Å²) in [6, 6.07) is 6.21. The van der Waals surface area contributed by atoms with Gasteiger partial charge in [0.25, 0.3) is 0 Å². The van der Waals surface area contributed by atoms with E-state index in [9.17, 15) is 4.79 Å². The number of urea groups is 1. The smallest absolute Gasteiger partial charge is 0.318 e. The molecule has 2 amide bonds. The molecule has 0 radical (unpaired) electrons. The molecule has 4 heterocycles. The molecule has 37 heavy (non-hydrogen) atoms. The van der Waals surface area contributed by atoms with Gasteiger partial charge < -0.3 is 30.7 Å². The van der Waals surface area contributed by atoms with Crippen molar-refractivity contribution in [2.75, 3.05) is 56.5 Å². The summed E-state index contributed by atoms with van der Waals surface area (Å²) < 4.78 is 0. The highest BCUT2D eigenvalue weighted by atomic mass is 35.5. The number of hydrogen-bond acceptors (Lipinski definition) is 6. The number of nitrogens with zero attached hydrogens (tertiary/aromatic N) is 4. The molecule has 5 rings (SSSR count). The van der Waals surface area contributed by atoms with Crippen molar-refractivity contribution in [2.24, 2.45) is 10.9 Å². The number of benzene rings is 1. The number of amides is 2. The second kappa shape index (κ2) is 10.4. The van der Waals surface area contributed by atoms with Gasteiger partial charge in [-0.3, -0.25) is 4.99 Å². The molecule has 2 unspecified atom stereocenters. The summed E-state index contributed by atoms with van der Waals surface area (Å²) in [5, 5.41) is 11.0. The zero-order chi connectivity index (χ0) is 26.2. The van der Waals surface area contributed by atoms with Crippen LogP contribution in [-0.4, -0.2) is 80.1 Å². The highest BCUT2D eigenvalue weighted by molar-refractivity contribution is 6.31. The monoisotopic (exact) mass is 523 g/mol. The molecule has 1 fully saturated rings. The van der Waals surface area contributed by atoms with Crippen molar-refractivity contribution in [1.82, 2.24) is 20.4 Å². The maximum absolute atomic E-state index is 12.5. The van der Waals surface area contributed by atoms with Crippen LogP contribution in [0.5, 0.6) is 0 Å². The molecule has 4 aliphatic rings. The van der Waals surface area contributed by atoms with E-state index in [-0.39, 0.29) is 23.7 Å². The molecule has 1 aromatic carbocycles. The van der Waals surface area contributed by atoms with Crippen LogP contribution in [0.3, 0.4) is 0 Å². The van der Waals surface area contributed by atoms with Crippen LogP contribution in [0, 0.1) is 5.92 Å². The third kappa shape index (κ3) is 6.13. The summed E-state index contributed by atoms with van der Waals surface area (Å²) in [6.07, 6.45) is 9.11. The molecule has 1 aromatic rings. The van der Waals surface area contributed by atoms with Crippen LogP contribution < -0.4 is 20.9 Å². The number of allylic oxidation sites excluding steroid dienone is 2. The Morgan fingerprint density at radius 1 is 1.14 bits per heavy atom. The Balaban J connectivity index is 1.27. The average Bonchev–Trinajstić information content (AvgIpc) is 3.29. The minimum atomic E-state index is -0.242. The quantitative estimate of drug-likeness (QED) is 0.555. The van der Waals surface area contributed by atoms with Gasteiger partial charge in [-0.15, -0.1) is 0 Å². The van der Waals surface area contributed by atoms with Gasteiger partial charge in [-0.2, -0.15) is 0 Å². The molecular formula is C28H38ClN7O. The standard InChI is InChI=1S/C28H38ClN7O/c1-28(2,3)33-27(37)36-9-6-19(7-10-36)25-18-23-24(5-8-30-26(23)32-25)31-21-15-20(29)16-22(17-21)35-13-11-34(4)12-14-35/h5-6,8,15-18,23,26,31-32H,7,9-14H2,1-4H3,(H,33,37). The third-order valence-electron chi connectivity index (χ3n) is 7.21. The van der Waals surface area contributed by atoms with Crippen LogP contribution in [0.2, 0.25) is 5.02 Å². The molecule has 1 saturated heterocycles. The van der Waals surface area contributed by atoms with E-state index >= 15 is 0 Å². The maximum atomic E-state index is 12.5. The molecular weight excluding hydrogens is 486 g/mol. The summed E-state index contributed by atoms with van der Waals surface area (Å²) in [5.41, 5.74) is 5.34. The van der Waals surface area contributed by atoms with E-state index in [0.29, 0.717) is 13.1 Å². The number of likely N-dealkylation sites (N-methyl/N-ethyl adjacent to an activating group) is 1. The van der Waals surface area contributed by atoms with E-state index in [1.165, 1.54) is 5.57 Å². The molecule has 3 N–H and O–H groups in total. The number of rotatable bonds is 4. The van der Waals surface area contributed by atoms with Crippen LogP contribution in [0.25, 0.3) is 0 Å². The van der Waals surface area contributed by atoms with Crippen molar-refractivity contribution in [3.8, 4) is 0 Å². The lowest BCUT2D eigenvalue weighted by Gasteiger charge is -2.34. The van der Waals surface area contributed by atoms with Gasteiger partial charge in [0.1, 0.15) is 6.17 Å². The lowest BCUT2D eigenvalue weighted by Crippen LogP contribution is -2.49. The van der Waals surface area contributed by atoms with E-state index in [1.54, 1.807) is 0 Å². The van der Waals surface area contributed by atoms with Gasteiger partial charge >= 0.3 is 6.03 Å². The number of halogens is 1. The fourth-order valence-electron chi connectivity index (χ4n) is 5.17. The second-order valence-corrected chi connectivity index (χ2v) is 11.8. The van der Waals surface area contributed by atoms with Crippen LogP contribution in [-0.2, 0) is 0 Å². The van der Waals surface area contributed by atoms with E-state index < -0.39 is 0 Å². The van der Waals surface area contributed by atoms with Crippen LogP contribution in [0.4, 0.5) is 16.2 Å². The number of carbonyl (C=O) groups excluding carboxylic acids is 1. The number of carbonyl (C=O) groups is 1. The summed E-state index contributed by atoms with van der Waals surface area (Å²) in [4.78, 5) is 23.8. The Morgan fingerprint density at radius 2 is 1.92 bits per heavy atom. The Hall–Kier alpha value is -2.97. The Morgan fingerprint density at radius 3 is 2.62 bits per heavy atom. The van der Waals surface area contributed by atoms with Crippen molar-refractivity contribution in [2.45, 2.75) is 38.9 Å². The van der Waals surface area contributed by atoms with E-state index in [1.807, 2.05) is 50.1 Å². The number of aliphatic imine (C=N–C) groups is 1. The molecule has 2 atom stereocenters. The van der Waals surface area contributed by atoms with Crippen molar-refractivity contribution >= 4 is 35.2 Å². The van der Waals surface area contributed by atoms with Gasteiger partial charge in [0.15, 0.2) is 0 Å². The lowest BCUT2D eigenvalue weighted by atomic mass is 9.99. The van der Waals surface area contributed by atoms with Crippen LogP contribution >= 0.6 is 11.6 Å². The molecule has 4 aliphatic heterocycles. The van der Waals surface area contributed by atoms with Gasteiger partial charge in [0.05, 0.1) is 5.92 Å². The van der Waals surface area contributed by atoms with E-state index in [0.717, 1.165) is 60.4 Å². The van der Waals surface area contributed by atoms with E-state index in [2.05, 4.69) is 56.0 Å². The average molecular weight is 524 g/mol. The number of dihydropyridines is 1. The highest BCUT2D eigenvalue weighted by Crippen LogP contribution is 2.34. The Kier molecular flexibility index (Phi) is 7.23. The van der Waals surface area contributed by atoms with Crippen LogP contribution in [0.15, 0.2) is 58.4 Å². The third-order valence-corrected chi connectivity index (χ3v) is 7.43. The summed E-state index contributed by atoms with van der Waals surface area (Å²) >= 11 is 6.53. The number of piperazine rings is 1. The zero-order valence-corrected chi connectivity index (χ0v) is 23.0. The maximum Gasteiger partial charge on any atom is 0.318 e. The first kappa shape index (κ1) is 25.7. The molecule has 8 nitrogen and oxygen atoms in total. The fourth-order valence-corrected chi connectivity index (χ4v) is 5.40. The van der Waals surface area contributed by atoms with Crippen molar-refractivity contribution in [3.63, 3.8) is 0 Å². The summed E-state index contributed by atoms with van der Waals surface area (Å²) in [5.74, 6) is 0.106. The first-order chi connectivity index (χ1) is 17.6. The van der Waals surface area contributed by atoms with Crippen LogP contribution in [0.1, 0.15) is 27.2 Å². The minimum absolute atomic E-state index is 0.0127. The number of anilines is 2. The lowest BCUT2D eigenvalue weighted by molar-refractivity contribution is 0.192. The summed E-state index contributed by atoms with van der Waals surface area (Å²) in [7, 11) is 2.16. The topological polar surface area (TPSA) is 75.2 Å². The first-order valence-electron chi connectivity index (χ1n) is 13.1. The number of nitrogens with one attached hydrogen (secondary N) is 3. The molecule has 0 aliphatic carbocycles. The predicted octanol–water partition coefficient (Wildman–Crippen LogP) is 4.04. The molecule has 0 bridgehead atoms. The molecule has 0 spiro atoms. The van der Waals surface area contributed by atoms with Gasteiger partial charge in [0.2, 0.25) is 0 Å². The second-order valence-electron chi connectivity index (χ2n) is 11.3. The van der Waals surface area contributed by atoms with Gasteiger partial charge in [0, 0.05) is 78.8 Å². The summed E-state index contributed by atoms with van der Waals surface area (Å²) in [6.45, 7) is 11.4. The number of fused-ring (bicyclic) bond motifs is 1. The highest BCUT2D eigenvalue weighted by Gasteiger charge is 2.33. The van der Waals surface area contributed by atoms with Crippen molar-refractivity contribution in [1.29, 1.82) is 0 Å². The molecule has 9 heteroatoms. The van der Waals surface area contributed by atoms with Gasteiger partial charge in [-0.25, -0.2) is 4.79 Å². The largest absolute Gasteiger partial charge is 0.369 e. The Bertz CT molecular complexity index is 1160. The van der Waals surface area contributed by atoms with Crippen molar-refractivity contribution < 1.29 is 4.79 Å². The minimum Gasteiger partial charge on any atom is -0.369 e. The molecule has 0 aromatic heterocycles. The predicted molar refractivity (Wildman–Crippen MR) is 152 cm³/mol. The van der Waals surface area contributed by atoms with Crippen molar-refractivity contribution in [3.05, 3.63) is 58.4 Å². The van der Waals surface area contributed by atoms with E-state index in [4.69, 9.17) is 11.6 Å². The number of hydrogen-bond donors (Lipinski definition) is 3. The first-order valence-corrected chi connectivity index (χ1v) is 13.5. The molecule has 198 valence electrons. The zero-order valence-electron chi connectivity index (χ0n) is 22.2. The Labute approximate surface area is 225 Å². The SMILES string of the molecule is CN1CCN(c2cc(Cl)cc(NC3=CC=NC4NC(C5=CCN(C(=O)NC(C)(C)C)CC5)=CC34)c2)CC1. The van der Waals surface area contributed by atoms with Gasteiger partial charge in [-0.1, -0.05) is 17.7 Å². The fraction of sp³-hybridized carbons (Fsp3) is 0.500. The molecule has 0 saturated carbocycles. The van der Waals surface area contributed by atoms with Gasteiger partial charge in [-0.05, 0) is 70.2 Å². The normalized spacial score (nSPS) is 24.1.